The topological polar surface area (TPSA) is 46.2 Å². The van der Waals surface area contributed by atoms with Crippen molar-refractivity contribution in [3.8, 4) is 5.75 Å². The smallest absolute Gasteiger partial charge is 0.407 e. The van der Waals surface area contributed by atoms with Crippen molar-refractivity contribution in [1.82, 2.24) is 0 Å². The lowest BCUT2D eigenvalue weighted by molar-refractivity contribution is -0.149. The van der Waals surface area contributed by atoms with E-state index in [1.54, 1.807) is 0 Å². The fraction of sp³-hybridized carbons (Fsp3) is 0.250. The van der Waals surface area contributed by atoms with Gasteiger partial charge in [-0.2, -0.15) is 13.2 Å². The second kappa shape index (κ2) is 3.78. The summed E-state index contributed by atoms with van der Waals surface area (Å²) in [4.78, 5) is 0. The first-order chi connectivity index (χ1) is 6.32. The van der Waals surface area contributed by atoms with Crippen LogP contribution in [-0.2, 0) is 0 Å². The molecule has 0 aliphatic rings. The molecule has 1 aromatic carbocycles. The highest BCUT2D eigenvalue weighted by atomic mass is 79.9. The van der Waals surface area contributed by atoms with Crippen molar-refractivity contribution in [3.63, 3.8) is 0 Å². The first-order valence-corrected chi connectivity index (χ1v) is 4.42. The summed E-state index contributed by atoms with van der Waals surface area (Å²) in [6.07, 6.45) is -4.52. The zero-order valence-corrected chi connectivity index (χ0v) is 8.43. The van der Waals surface area contributed by atoms with Crippen molar-refractivity contribution in [2.75, 3.05) is 0 Å². The van der Waals surface area contributed by atoms with E-state index in [1.807, 2.05) is 0 Å². The molecule has 0 aliphatic carbocycles. The number of hydrogen-bond donors (Lipinski definition) is 2. The number of benzene rings is 1. The Kier molecular flexibility index (Phi) is 3.06. The summed E-state index contributed by atoms with van der Waals surface area (Å²) in [7, 11) is 0. The number of phenols is 1. The van der Waals surface area contributed by atoms with Crippen molar-refractivity contribution in [1.29, 1.82) is 0 Å². The molecule has 0 fully saturated rings. The Morgan fingerprint density at radius 3 is 2.43 bits per heavy atom. The van der Waals surface area contributed by atoms with Crippen LogP contribution in [0.25, 0.3) is 0 Å². The Balaban J connectivity index is 3.12. The average Bonchev–Trinajstić information content (AvgIpc) is 2.06. The maximum atomic E-state index is 12.2. The third kappa shape index (κ3) is 2.39. The van der Waals surface area contributed by atoms with Gasteiger partial charge >= 0.3 is 6.18 Å². The lowest BCUT2D eigenvalue weighted by Gasteiger charge is -2.17. The van der Waals surface area contributed by atoms with E-state index in [2.05, 4.69) is 15.9 Å². The minimum atomic E-state index is -4.52. The zero-order chi connectivity index (χ0) is 10.9. The van der Waals surface area contributed by atoms with Crippen LogP contribution in [0, 0.1) is 0 Å². The quantitative estimate of drug-likeness (QED) is 0.824. The van der Waals surface area contributed by atoms with E-state index in [-0.39, 0.29) is 15.8 Å². The molecular formula is C8H7BrF3NO. The second-order valence-electron chi connectivity index (χ2n) is 2.73. The van der Waals surface area contributed by atoms with Gasteiger partial charge in [0.1, 0.15) is 11.8 Å². The highest BCUT2D eigenvalue weighted by Gasteiger charge is 2.38. The Morgan fingerprint density at radius 2 is 1.93 bits per heavy atom. The molecule has 0 amide bonds. The predicted molar refractivity (Wildman–Crippen MR) is 48.8 cm³/mol. The van der Waals surface area contributed by atoms with Gasteiger partial charge in [0, 0.05) is 4.47 Å². The normalized spacial score (nSPS) is 14.1. The Bertz CT molecular complexity index is 340. The van der Waals surface area contributed by atoms with Crippen molar-refractivity contribution < 1.29 is 18.3 Å². The molecule has 1 rings (SSSR count). The van der Waals surface area contributed by atoms with Crippen LogP contribution in [0.2, 0.25) is 0 Å². The molecule has 0 heterocycles. The molecule has 0 saturated carbocycles. The van der Waals surface area contributed by atoms with Gasteiger partial charge in [-0.05, 0) is 23.8 Å². The highest BCUT2D eigenvalue weighted by Crippen LogP contribution is 2.35. The molecule has 1 atom stereocenters. The Labute approximate surface area is 86.7 Å². The van der Waals surface area contributed by atoms with Gasteiger partial charge in [0.25, 0.3) is 0 Å². The molecule has 0 aromatic heterocycles. The van der Waals surface area contributed by atoms with Crippen LogP contribution in [0.4, 0.5) is 13.2 Å². The third-order valence-electron chi connectivity index (χ3n) is 1.67. The zero-order valence-electron chi connectivity index (χ0n) is 6.85. The molecule has 0 aliphatic heterocycles. The van der Waals surface area contributed by atoms with Gasteiger partial charge in [-0.15, -0.1) is 0 Å². The van der Waals surface area contributed by atoms with Crippen molar-refractivity contribution >= 4 is 15.9 Å². The van der Waals surface area contributed by atoms with E-state index in [0.29, 0.717) is 0 Å². The van der Waals surface area contributed by atoms with Gasteiger partial charge in [-0.1, -0.05) is 15.9 Å². The van der Waals surface area contributed by atoms with Gasteiger partial charge in [-0.25, -0.2) is 0 Å². The van der Waals surface area contributed by atoms with Gasteiger partial charge in [0.15, 0.2) is 0 Å². The summed E-state index contributed by atoms with van der Waals surface area (Å²) in [5.41, 5.74) is 4.79. The van der Waals surface area contributed by atoms with Crippen molar-refractivity contribution in [2.24, 2.45) is 5.73 Å². The lowest BCUT2D eigenvalue weighted by atomic mass is 10.1. The van der Waals surface area contributed by atoms with Crippen LogP contribution in [-0.4, -0.2) is 11.3 Å². The van der Waals surface area contributed by atoms with Crippen LogP contribution < -0.4 is 5.73 Å². The number of nitrogens with two attached hydrogens (primary N) is 1. The molecule has 1 unspecified atom stereocenters. The highest BCUT2D eigenvalue weighted by molar-refractivity contribution is 9.10. The molecule has 3 N–H and O–H groups in total. The van der Waals surface area contributed by atoms with Crippen LogP contribution in [0.3, 0.4) is 0 Å². The fourth-order valence-corrected chi connectivity index (χ4v) is 1.44. The fourth-order valence-electron chi connectivity index (χ4n) is 0.946. The molecule has 6 heteroatoms. The minimum Gasteiger partial charge on any atom is -0.508 e. The summed E-state index contributed by atoms with van der Waals surface area (Å²) in [5, 5.41) is 9.01. The molecule has 0 spiro atoms. The largest absolute Gasteiger partial charge is 0.508 e. The number of aromatic hydroxyl groups is 1. The summed E-state index contributed by atoms with van der Waals surface area (Å²) in [6, 6.07) is 1.49. The van der Waals surface area contributed by atoms with E-state index in [1.165, 1.54) is 12.1 Å². The van der Waals surface area contributed by atoms with Gasteiger partial charge in [0.05, 0.1) is 0 Å². The summed E-state index contributed by atoms with van der Waals surface area (Å²) >= 11 is 2.93. The number of alkyl halides is 3. The number of hydrogen-bond acceptors (Lipinski definition) is 2. The Morgan fingerprint density at radius 1 is 1.36 bits per heavy atom. The van der Waals surface area contributed by atoms with Gasteiger partial charge in [-0.3, -0.25) is 0 Å². The SMILES string of the molecule is NC(c1cc(O)ccc1Br)C(F)(F)F. The molecule has 2 nitrogen and oxygen atoms in total. The monoisotopic (exact) mass is 269 g/mol. The number of rotatable bonds is 1. The molecular weight excluding hydrogens is 263 g/mol. The minimum absolute atomic E-state index is 0.183. The van der Waals surface area contributed by atoms with Gasteiger partial charge in [0.2, 0.25) is 0 Å². The van der Waals surface area contributed by atoms with E-state index in [9.17, 15) is 13.2 Å². The van der Waals surface area contributed by atoms with Crippen LogP contribution in [0.1, 0.15) is 11.6 Å². The molecule has 0 radical (unpaired) electrons. The lowest BCUT2D eigenvalue weighted by Crippen LogP contribution is -2.28. The van der Waals surface area contributed by atoms with E-state index < -0.39 is 12.2 Å². The maximum absolute atomic E-state index is 12.2. The average molecular weight is 270 g/mol. The standard InChI is InChI=1S/C8H7BrF3NO/c9-6-2-1-4(14)3-5(6)7(13)8(10,11)12/h1-3,7,14H,13H2. The number of phenolic OH excluding ortho intramolecular Hbond substituents is 1. The molecule has 14 heavy (non-hydrogen) atoms. The van der Waals surface area contributed by atoms with E-state index >= 15 is 0 Å². The number of halogens is 4. The van der Waals surface area contributed by atoms with E-state index in [0.717, 1.165) is 6.07 Å². The summed E-state index contributed by atoms with van der Waals surface area (Å²) < 4.78 is 36.9. The van der Waals surface area contributed by atoms with Crippen molar-refractivity contribution in [2.45, 2.75) is 12.2 Å². The third-order valence-corrected chi connectivity index (χ3v) is 2.39. The summed E-state index contributed by atoms with van der Waals surface area (Å²) in [5.74, 6) is -0.247. The molecule has 1 aromatic rings. The maximum Gasteiger partial charge on any atom is 0.407 e. The first-order valence-electron chi connectivity index (χ1n) is 3.63. The predicted octanol–water partition coefficient (Wildman–Crippen LogP) is 2.72. The van der Waals surface area contributed by atoms with Crippen molar-refractivity contribution in [3.05, 3.63) is 28.2 Å². The van der Waals surface area contributed by atoms with Gasteiger partial charge < -0.3 is 10.8 Å². The van der Waals surface area contributed by atoms with Crippen LogP contribution in [0.5, 0.6) is 5.75 Å². The summed E-state index contributed by atoms with van der Waals surface area (Å²) in [6.45, 7) is 0. The Hall–Kier alpha value is -0.750. The molecule has 0 bridgehead atoms. The van der Waals surface area contributed by atoms with Crippen LogP contribution >= 0.6 is 15.9 Å². The van der Waals surface area contributed by atoms with E-state index in [4.69, 9.17) is 10.8 Å². The first kappa shape index (κ1) is 11.3. The molecule has 78 valence electrons. The molecule has 0 saturated heterocycles. The second-order valence-corrected chi connectivity index (χ2v) is 3.58. The van der Waals surface area contributed by atoms with Crippen LogP contribution in [0.15, 0.2) is 22.7 Å².